The molecule has 1 saturated heterocycles. The second-order valence-corrected chi connectivity index (χ2v) is 10.0. The molecule has 0 bridgehead atoms. The highest BCUT2D eigenvalue weighted by Crippen LogP contribution is 2.45. The summed E-state index contributed by atoms with van der Waals surface area (Å²) in [6, 6.07) is 10.6. The van der Waals surface area contributed by atoms with E-state index >= 15 is 0 Å². The average Bonchev–Trinajstić information content (AvgIpc) is 3.49. The maximum absolute atomic E-state index is 14.1. The molecular weight excluding hydrogens is 400 g/mol. The van der Waals surface area contributed by atoms with Crippen molar-refractivity contribution in [1.82, 2.24) is 19.8 Å². The third-order valence-corrected chi connectivity index (χ3v) is 7.87. The van der Waals surface area contributed by atoms with Gasteiger partial charge in [0.1, 0.15) is 5.82 Å². The van der Waals surface area contributed by atoms with Crippen molar-refractivity contribution >= 4 is 5.91 Å². The predicted molar refractivity (Wildman–Crippen MR) is 124 cm³/mol. The molecule has 1 aromatic carbocycles. The quantitative estimate of drug-likeness (QED) is 0.796. The van der Waals surface area contributed by atoms with E-state index in [0.717, 1.165) is 74.9 Å². The molecule has 1 atom stereocenters. The SMILES string of the molecule is CC(C)N1CCc2c(nc([C@H]3CCCN3C(=O)C3(c4ccccc4)CCCC3)[nH]c2=O)C1. The summed E-state index contributed by atoms with van der Waals surface area (Å²) < 4.78 is 0. The zero-order valence-corrected chi connectivity index (χ0v) is 19.3. The molecule has 5 rings (SSSR count). The minimum atomic E-state index is -0.438. The minimum Gasteiger partial charge on any atom is -0.332 e. The summed E-state index contributed by atoms with van der Waals surface area (Å²) in [6.45, 7) is 6.69. The molecule has 6 heteroatoms. The van der Waals surface area contributed by atoms with Gasteiger partial charge in [-0.25, -0.2) is 4.98 Å². The standard InChI is InChI=1S/C26H34N4O2/c1-18(2)29-16-12-20-21(17-29)27-23(28-24(20)31)22-11-8-15-30(22)25(32)26(13-6-7-14-26)19-9-4-3-5-10-19/h3-5,9-10,18,22H,6-8,11-17H2,1-2H3,(H,27,28,31)/t22-/m1/s1. The molecule has 2 aliphatic heterocycles. The molecule has 1 aromatic heterocycles. The Balaban J connectivity index is 1.48. The first kappa shape index (κ1) is 21.4. The van der Waals surface area contributed by atoms with Crippen LogP contribution < -0.4 is 5.56 Å². The van der Waals surface area contributed by atoms with Crippen molar-refractivity contribution in [2.45, 2.75) is 82.8 Å². The molecule has 3 aliphatic rings. The molecule has 3 heterocycles. The number of hydrogen-bond donors (Lipinski definition) is 1. The van der Waals surface area contributed by atoms with Crippen LogP contribution in [0.5, 0.6) is 0 Å². The third kappa shape index (κ3) is 3.58. The van der Waals surface area contributed by atoms with E-state index in [2.05, 4.69) is 35.9 Å². The number of likely N-dealkylation sites (tertiary alicyclic amines) is 1. The summed E-state index contributed by atoms with van der Waals surface area (Å²) in [6.07, 6.45) is 6.50. The summed E-state index contributed by atoms with van der Waals surface area (Å²) in [5.74, 6) is 0.888. The van der Waals surface area contributed by atoms with Gasteiger partial charge in [-0.3, -0.25) is 14.5 Å². The zero-order valence-electron chi connectivity index (χ0n) is 19.3. The molecule has 2 aromatic rings. The summed E-state index contributed by atoms with van der Waals surface area (Å²) >= 11 is 0. The first-order valence-corrected chi connectivity index (χ1v) is 12.2. The normalized spacial score (nSPS) is 23.0. The van der Waals surface area contributed by atoms with Gasteiger partial charge in [-0.1, -0.05) is 43.2 Å². The van der Waals surface area contributed by atoms with Crippen LogP contribution in [0.2, 0.25) is 0 Å². The van der Waals surface area contributed by atoms with Gasteiger partial charge >= 0.3 is 0 Å². The van der Waals surface area contributed by atoms with Crippen molar-refractivity contribution in [3.63, 3.8) is 0 Å². The molecule has 0 spiro atoms. The van der Waals surface area contributed by atoms with Gasteiger partial charge in [-0.2, -0.15) is 0 Å². The number of H-pyrrole nitrogens is 1. The molecule has 1 saturated carbocycles. The second-order valence-electron chi connectivity index (χ2n) is 10.0. The van der Waals surface area contributed by atoms with Crippen LogP contribution in [0.25, 0.3) is 0 Å². The predicted octanol–water partition coefficient (Wildman–Crippen LogP) is 3.71. The Labute approximate surface area is 190 Å². The lowest BCUT2D eigenvalue weighted by molar-refractivity contribution is -0.138. The lowest BCUT2D eigenvalue weighted by Crippen LogP contribution is -2.46. The van der Waals surface area contributed by atoms with E-state index in [9.17, 15) is 9.59 Å². The highest BCUT2D eigenvalue weighted by atomic mass is 16.2. The molecule has 0 radical (unpaired) electrons. The minimum absolute atomic E-state index is 0.0219. The van der Waals surface area contributed by atoms with Gasteiger partial charge in [0, 0.05) is 31.2 Å². The first-order valence-electron chi connectivity index (χ1n) is 12.2. The summed E-state index contributed by atoms with van der Waals surface area (Å²) in [7, 11) is 0. The molecule has 1 amide bonds. The van der Waals surface area contributed by atoms with Crippen LogP contribution in [-0.2, 0) is 23.2 Å². The number of benzene rings is 1. The molecule has 1 N–H and O–H groups in total. The van der Waals surface area contributed by atoms with Crippen molar-refractivity contribution in [3.8, 4) is 0 Å². The van der Waals surface area contributed by atoms with Gasteiger partial charge in [0.25, 0.3) is 5.56 Å². The van der Waals surface area contributed by atoms with Gasteiger partial charge in [-0.15, -0.1) is 0 Å². The highest BCUT2D eigenvalue weighted by molar-refractivity contribution is 5.89. The van der Waals surface area contributed by atoms with E-state index in [1.165, 1.54) is 0 Å². The fourth-order valence-electron chi connectivity index (χ4n) is 6.01. The molecule has 170 valence electrons. The number of aromatic amines is 1. The van der Waals surface area contributed by atoms with Crippen molar-refractivity contribution in [2.75, 3.05) is 13.1 Å². The number of fused-ring (bicyclic) bond motifs is 1. The van der Waals surface area contributed by atoms with Crippen molar-refractivity contribution in [2.24, 2.45) is 0 Å². The van der Waals surface area contributed by atoms with Crippen LogP contribution in [0, 0.1) is 0 Å². The number of hydrogen-bond acceptors (Lipinski definition) is 4. The van der Waals surface area contributed by atoms with E-state index in [1.54, 1.807) is 0 Å². The third-order valence-electron chi connectivity index (χ3n) is 7.87. The fraction of sp³-hybridized carbons (Fsp3) is 0.577. The van der Waals surface area contributed by atoms with Gasteiger partial charge in [-0.05, 0) is 51.5 Å². The van der Waals surface area contributed by atoms with Gasteiger partial charge < -0.3 is 9.88 Å². The Hall–Kier alpha value is -2.47. The number of carbonyl (C=O) groups is 1. The largest absolute Gasteiger partial charge is 0.332 e. The van der Waals surface area contributed by atoms with Crippen molar-refractivity contribution in [3.05, 3.63) is 63.3 Å². The van der Waals surface area contributed by atoms with Crippen LogP contribution in [0.1, 0.15) is 81.1 Å². The Morgan fingerprint density at radius 3 is 2.59 bits per heavy atom. The molecule has 6 nitrogen and oxygen atoms in total. The molecular formula is C26H34N4O2. The number of amides is 1. The van der Waals surface area contributed by atoms with E-state index in [0.29, 0.717) is 18.4 Å². The average molecular weight is 435 g/mol. The number of carbonyl (C=O) groups excluding carboxylic acids is 1. The Bertz CT molecular complexity index is 1040. The lowest BCUT2D eigenvalue weighted by atomic mass is 9.77. The number of nitrogens with one attached hydrogen (secondary N) is 1. The molecule has 1 aliphatic carbocycles. The summed E-state index contributed by atoms with van der Waals surface area (Å²) in [5, 5.41) is 0. The monoisotopic (exact) mass is 434 g/mol. The van der Waals surface area contributed by atoms with E-state index < -0.39 is 5.41 Å². The number of rotatable bonds is 4. The summed E-state index contributed by atoms with van der Waals surface area (Å²) in [4.78, 5) is 39.4. The Morgan fingerprint density at radius 1 is 1.12 bits per heavy atom. The van der Waals surface area contributed by atoms with Crippen LogP contribution >= 0.6 is 0 Å². The van der Waals surface area contributed by atoms with Gasteiger partial charge in [0.2, 0.25) is 5.91 Å². The molecule has 32 heavy (non-hydrogen) atoms. The van der Waals surface area contributed by atoms with E-state index in [-0.39, 0.29) is 17.5 Å². The van der Waals surface area contributed by atoms with Crippen LogP contribution in [0.3, 0.4) is 0 Å². The van der Waals surface area contributed by atoms with Crippen molar-refractivity contribution in [1.29, 1.82) is 0 Å². The fourth-order valence-corrected chi connectivity index (χ4v) is 6.01. The van der Waals surface area contributed by atoms with E-state index in [1.807, 2.05) is 23.1 Å². The van der Waals surface area contributed by atoms with Crippen molar-refractivity contribution < 1.29 is 4.79 Å². The van der Waals surface area contributed by atoms with Crippen LogP contribution in [0.4, 0.5) is 0 Å². The Morgan fingerprint density at radius 2 is 1.88 bits per heavy atom. The lowest BCUT2D eigenvalue weighted by Gasteiger charge is -2.36. The smallest absolute Gasteiger partial charge is 0.254 e. The van der Waals surface area contributed by atoms with Gasteiger partial charge in [0.15, 0.2) is 0 Å². The van der Waals surface area contributed by atoms with E-state index in [4.69, 9.17) is 4.98 Å². The van der Waals surface area contributed by atoms with Gasteiger partial charge in [0.05, 0.1) is 17.2 Å². The Kier molecular flexibility index (Phi) is 5.66. The molecule has 2 fully saturated rings. The second kappa shape index (κ2) is 8.47. The first-order chi connectivity index (χ1) is 15.5. The maximum atomic E-state index is 14.1. The zero-order chi connectivity index (χ0) is 22.3. The number of aromatic nitrogens is 2. The van der Waals surface area contributed by atoms with Crippen LogP contribution in [-0.4, -0.2) is 44.8 Å². The highest BCUT2D eigenvalue weighted by Gasteiger charge is 2.47. The number of nitrogens with zero attached hydrogens (tertiary/aromatic N) is 3. The maximum Gasteiger partial charge on any atom is 0.254 e. The molecule has 0 unspecified atom stereocenters. The topological polar surface area (TPSA) is 69.3 Å². The van der Waals surface area contributed by atoms with Crippen LogP contribution in [0.15, 0.2) is 35.1 Å². The summed E-state index contributed by atoms with van der Waals surface area (Å²) in [5.41, 5.74) is 2.38.